The Hall–Kier alpha value is -3.40. The van der Waals surface area contributed by atoms with Gasteiger partial charge in [-0.3, -0.25) is 0 Å². The summed E-state index contributed by atoms with van der Waals surface area (Å²) in [6.07, 6.45) is 0.180. The largest absolute Gasteiger partial charge is 0.380 e. The highest BCUT2D eigenvalue weighted by Gasteiger charge is 2.19. The predicted octanol–water partition coefficient (Wildman–Crippen LogP) is 4.07. The van der Waals surface area contributed by atoms with Crippen LogP contribution in [-0.4, -0.2) is 11.8 Å². The molecule has 4 heteroatoms. The lowest BCUT2D eigenvalue weighted by atomic mass is 9.89. The van der Waals surface area contributed by atoms with Crippen LogP contribution in [0.1, 0.15) is 29.0 Å². The monoisotopic (exact) mass is 344 g/mol. The van der Waals surface area contributed by atoms with Crippen molar-refractivity contribution >= 4 is 11.8 Å². The summed E-state index contributed by atoms with van der Waals surface area (Å²) in [6.45, 7) is 0. The fourth-order valence-electron chi connectivity index (χ4n) is 2.76. The zero-order valence-corrected chi connectivity index (χ0v) is 14.3. The third-order valence-electron chi connectivity index (χ3n) is 4.09. The van der Waals surface area contributed by atoms with Gasteiger partial charge in [-0.1, -0.05) is 96.2 Å². The first-order valence-electron chi connectivity index (χ1n) is 8.42. The topological polar surface area (TPSA) is 64.7 Å². The first-order chi connectivity index (χ1) is 12.7. The Morgan fingerprint density at radius 1 is 0.808 bits per heavy atom. The highest BCUT2D eigenvalue weighted by atomic mass is 16.7. The lowest BCUT2D eigenvalue weighted by Gasteiger charge is -2.16. The molecule has 0 bridgehead atoms. The van der Waals surface area contributed by atoms with Gasteiger partial charge in [0.15, 0.2) is 5.84 Å². The minimum Gasteiger partial charge on any atom is -0.380 e. The quantitative estimate of drug-likeness (QED) is 0.317. The average Bonchev–Trinajstić information content (AvgIpc) is 2.72. The molecule has 0 amide bonds. The molecule has 0 fully saturated rings. The van der Waals surface area contributed by atoms with Crippen molar-refractivity contribution in [2.75, 3.05) is 0 Å². The fraction of sp³-hybridized carbons (Fsp3) is 0.0909. The molecule has 0 unspecified atom stereocenters. The Labute approximate surface area is 152 Å². The second kappa shape index (κ2) is 8.62. The summed E-state index contributed by atoms with van der Waals surface area (Å²) in [5.41, 5.74) is 8.68. The maximum atomic E-state index is 12.4. The number of nitrogens with two attached hydrogens (primary N) is 1. The molecule has 0 heterocycles. The second-order valence-corrected chi connectivity index (χ2v) is 5.88. The van der Waals surface area contributed by atoms with Crippen LogP contribution in [0.2, 0.25) is 0 Å². The maximum Gasteiger partial charge on any atom is 0.336 e. The van der Waals surface area contributed by atoms with Crippen LogP contribution >= 0.6 is 0 Å². The van der Waals surface area contributed by atoms with Gasteiger partial charge in [-0.25, -0.2) is 4.79 Å². The number of nitrogens with zero attached hydrogens (tertiary/aromatic N) is 1. The van der Waals surface area contributed by atoms with Crippen LogP contribution in [-0.2, 0) is 9.63 Å². The van der Waals surface area contributed by atoms with Crippen LogP contribution in [0.25, 0.3) is 0 Å². The molecule has 0 spiro atoms. The molecule has 0 radical (unpaired) electrons. The lowest BCUT2D eigenvalue weighted by Crippen LogP contribution is -2.16. The van der Waals surface area contributed by atoms with Crippen molar-refractivity contribution in [1.82, 2.24) is 0 Å². The Morgan fingerprint density at radius 2 is 1.27 bits per heavy atom. The average molecular weight is 344 g/mol. The molecule has 2 N–H and O–H groups in total. The smallest absolute Gasteiger partial charge is 0.336 e. The zero-order chi connectivity index (χ0) is 18.2. The van der Waals surface area contributed by atoms with Gasteiger partial charge in [-0.05, 0) is 11.1 Å². The second-order valence-electron chi connectivity index (χ2n) is 5.88. The van der Waals surface area contributed by atoms with E-state index in [-0.39, 0.29) is 18.2 Å². The first kappa shape index (κ1) is 17.4. The molecule has 0 saturated carbocycles. The highest BCUT2D eigenvalue weighted by Crippen LogP contribution is 2.28. The number of amidine groups is 1. The van der Waals surface area contributed by atoms with Crippen molar-refractivity contribution in [3.05, 3.63) is 108 Å². The number of benzene rings is 3. The fourth-order valence-corrected chi connectivity index (χ4v) is 2.76. The summed E-state index contributed by atoms with van der Waals surface area (Å²) in [4.78, 5) is 17.4. The van der Waals surface area contributed by atoms with E-state index >= 15 is 0 Å². The van der Waals surface area contributed by atoms with Crippen LogP contribution in [0.15, 0.2) is 96.2 Å². The van der Waals surface area contributed by atoms with Gasteiger partial charge in [0, 0.05) is 11.5 Å². The lowest BCUT2D eigenvalue weighted by molar-refractivity contribution is -0.143. The number of carbonyl (C=O) groups is 1. The van der Waals surface area contributed by atoms with Gasteiger partial charge in [-0.2, -0.15) is 0 Å². The predicted molar refractivity (Wildman–Crippen MR) is 103 cm³/mol. The molecule has 130 valence electrons. The molecule has 0 aromatic heterocycles. The minimum atomic E-state index is -0.429. The van der Waals surface area contributed by atoms with Crippen molar-refractivity contribution in [3.8, 4) is 0 Å². The first-order valence-corrected chi connectivity index (χ1v) is 8.42. The highest BCUT2D eigenvalue weighted by molar-refractivity contribution is 5.97. The van der Waals surface area contributed by atoms with Crippen molar-refractivity contribution in [1.29, 1.82) is 0 Å². The van der Waals surface area contributed by atoms with Gasteiger partial charge >= 0.3 is 5.97 Å². The zero-order valence-electron chi connectivity index (χ0n) is 14.3. The third-order valence-corrected chi connectivity index (χ3v) is 4.09. The molecule has 0 atom stereocenters. The molecule has 0 saturated heterocycles. The van der Waals surface area contributed by atoms with Gasteiger partial charge in [-0.15, -0.1) is 0 Å². The summed E-state index contributed by atoms with van der Waals surface area (Å²) >= 11 is 0. The Bertz CT molecular complexity index is 823. The molecule has 4 nitrogen and oxygen atoms in total. The van der Waals surface area contributed by atoms with Crippen molar-refractivity contribution in [2.24, 2.45) is 10.9 Å². The standard InChI is InChI=1S/C22H20N2O2/c23-22(19-14-8-3-9-15-19)24-26-21(25)16-20(17-10-4-1-5-11-17)18-12-6-2-7-13-18/h1-15,20H,16H2,(H2,23,24). The van der Waals surface area contributed by atoms with E-state index in [4.69, 9.17) is 10.6 Å². The van der Waals surface area contributed by atoms with E-state index in [9.17, 15) is 4.79 Å². The van der Waals surface area contributed by atoms with E-state index in [1.54, 1.807) is 0 Å². The molecule has 3 aromatic carbocycles. The van der Waals surface area contributed by atoms with Crippen molar-refractivity contribution in [3.63, 3.8) is 0 Å². The summed E-state index contributed by atoms with van der Waals surface area (Å²) in [5.74, 6) is -0.352. The molecule has 3 aromatic rings. The number of carbonyl (C=O) groups excluding carboxylic acids is 1. The molecular weight excluding hydrogens is 324 g/mol. The maximum absolute atomic E-state index is 12.4. The number of oxime groups is 1. The van der Waals surface area contributed by atoms with E-state index in [1.807, 2.05) is 91.0 Å². The van der Waals surface area contributed by atoms with Gasteiger partial charge in [0.05, 0.1) is 6.42 Å². The Kier molecular flexibility index (Phi) is 5.78. The van der Waals surface area contributed by atoms with Gasteiger partial charge in [0.1, 0.15) is 0 Å². The minimum absolute atomic E-state index is 0.0990. The third kappa shape index (κ3) is 4.57. The van der Waals surface area contributed by atoms with Crippen molar-refractivity contribution in [2.45, 2.75) is 12.3 Å². The van der Waals surface area contributed by atoms with E-state index in [1.165, 1.54) is 0 Å². The van der Waals surface area contributed by atoms with Crippen LogP contribution in [0.3, 0.4) is 0 Å². The summed E-state index contributed by atoms with van der Waals surface area (Å²) in [7, 11) is 0. The number of hydrogen-bond acceptors (Lipinski definition) is 3. The molecule has 26 heavy (non-hydrogen) atoms. The van der Waals surface area contributed by atoms with Crippen LogP contribution in [0.4, 0.5) is 0 Å². The Balaban J connectivity index is 1.74. The molecule has 3 rings (SSSR count). The summed E-state index contributed by atoms with van der Waals surface area (Å²) < 4.78 is 0. The van der Waals surface area contributed by atoms with Crippen LogP contribution < -0.4 is 5.73 Å². The van der Waals surface area contributed by atoms with E-state index < -0.39 is 5.97 Å². The summed E-state index contributed by atoms with van der Waals surface area (Å²) in [6, 6.07) is 29.0. The van der Waals surface area contributed by atoms with Crippen LogP contribution in [0, 0.1) is 0 Å². The van der Waals surface area contributed by atoms with E-state index in [2.05, 4.69) is 5.16 Å². The molecule has 0 aliphatic rings. The molecular formula is C22H20N2O2. The van der Waals surface area contributed by atoms with Crippen LogP contribution in [0.5, 0.6) is 0 Å². The van der Waals surface area contributed by atoms with Gasteiger partial charge < -0.3 is 10.6 Å². The van der Waals surface area contributed by atoms with Gasteiger partial charge in [0.25, 0.3) is 0 Å². The van der Waals surface area contributed by atoms with Crippen molar-refractivity contribution < 1.29 is 9.63 Å². The SMILES string of the molecule is NC(=NOC(=O)CC(c1ccccc1)c1ccccc1)c1ccccc1. The normalized spacial score (nSPS) is 11.3. The summed E-state index contributed by atoms with van der Waals surface area (Å²) in [5, 5.41) is 3.78. The Morgan fingerprint density at radius 3 is 1.77 bits per heavy atom. The van der Waals surface area contributed by atoms with E-state index in [0.717, 1.165) is 11.1 Å². The molecule has 0 aliphatic carbocycles. The number of hydrogen-bond donors (Lipinski definition) is 1. The van der Waals surface area contributed by atoms with E-state index in [0.29, 0.717) is 5.56 Å². The van der Waals surface area contributed by atoms with Gasteiger partial charge in [0.2, 0.25) is 0 Å². The molecule has 0 aliphatic heterocycles. The number of rotatable bonds is 6.